The van der Waals surface area contributed by atoms with Crippen molar-refractivity contribution in [3.8, 4) is 0 Å². The first kappa shape index (κ1) is 42.3. The molecule has 0 aromatic heterocycles. The van der Waals surface area contributed by atoms with Gasteiger partial charge < -0.3 is 64.9 Å². The summed E-state index contributed by atoms with van der Waals surface area (Å²) in [5.41, 5.74) is -0.202. The molecular weight excluding hydrogens is 712 g/mol. The smallest absolute Gasteiger partial charge is 0.187 e. The molecule has 7 aliphatic rings. The van der Waals surface area contributed by atoms with E-state index in [0.29, 0.717) is 31.1 Å². The highest BCUT2D eigenvalue weighted by Crippen LogP contribution is 2.76. The normalized spacial score (nSPS) is 57.7. The van der Waals surface area contributed by atoms with Gasteiger partial charge in [0.1, 0.15) is 48.8 Å². The zero-order valence-corrected chi connectivity index (χ0v) is 34.0. The Morgan fingerprint density at radius 2 is 1.31 bits per heavy atom. The second kappa shape index (κ2) is 14.4. The molecule has 316 valence electrons. The van der Waals surface area contributed by atoms with E-state index in [9.17, 15) is 46.0 Å². The molecule has 2 saturated heterocycles. The van der Waals surface area contributed by atoms with Crippen LogP contribution in [0.2, 0.25) is 0 Å². The fraction of sp³-hybridized carbons (Fsp3) is 0.952. The van der Waals surface area contributed by atoms with Crippen molar-refractivity contribution in [2.75, 3.05) is 13.2 Å². The largest absolute Gasteiger partial charge is 0.394 e. The quantitative estimate of drug-likeness (QED) is 0.138. The molecule has 6 fully saturated rings. The van der Waals surface area contributed by atoms with Crippen molar-refractivity contribution < 1.29 is 64.9 Å². The highest BCUT2D eigenvalue weighted by atomic mass is 16.8. The molecule has 13 nitrogen and oxygen atoms in total. The number of fused-ring (bicyclic) bond motifs is 7. The van der Waals surface area contributed by atoms with Crippen LogP contribution in [-0.2, 0) is 18.9 Å². The Hall–Kier alpha value is -0.780. The number of ether oxygens (including phenoxy) is 4. The van der Waals surface area contributed by atoms with Crippen LogP contribution in [0.25, 0.3) is 0 Å². The molecule has 2 aliphatic heterocycles. The van der Waals surface area contributed by atoms with Gasteiger partial charge in [-0.1, -0.05) is 67.0 Å². The van der Waals surface area contributed by atoms with E-state index in [4.69, 9.17) is 18.9 Å². The Labute approximate surface area is 326 Å². The molecule has 55 heavy (non-hydrogen) atoms. The van der Waals surface area contributed by atoms with Crippen LogP contribution >= 0.6 is 0 Å². The molecular formula is C42H70O13. The lowest BCUT2D eigenvalue weighted by atomic mass is 9.32. The minimum atomic E-state index is -1.77. The second-order valence-electron chi connectivity index (χ2n) is 20.5. The molecule has 9 N–H and O–H groups in total. The van der Waals surface area contributed by atoms with Crippen LogP contribution in [0, 0.1) is 56.7 Å². The summed E-state index contributed by atoms with van der Waals surface area (Å²) in [7, 11) is 0. The first-order valence-electron chi connectivity index (χ1n) is 20.9. The summed E-state index contributed by atoms with van der Waals surface area (Å²) in [6.07, 6.45) is -8.92. The number of rotatable bonds is 6. The summed E-state index contributed by atoms with van der Waals surface area (Å²) >= 11 is 0. The summed E-state index contributed by atoms with van der Waals surface area (Å²) in [4.78, 5) is 0. The van der Waals surface area contributed by atoms with E-state index in [1.165, 1.54) is 5.57 Å². The van der Waals surface area contributed by atoms with Gasteiger partial charge in [-0.25, -0.2) is 0 Å². The molecule has 0 bridgehead atoms. The molecule has 0 unspecified atom stereocenters. The number of aliphatic hydroxyl groups excluding tert-OH is 9. The van der Waals surface area contributed by atoms with Gasteiger partial charge in [-0.3, -0.25) is 0 Å². The van der Waals surface area contributed by atoms with Gasteiger partial charge in [-0.05, 0) is 96.2 Å². The number of aliphatic hydroxyl groups is 9. The molecule has 22 atom stereocenters. The van der Waals surface area contributed by atoms with Crippen molar-refractivity contribution in [2.24, 2.45) is 56.7 Å². The van der Waals surface area contributed by atoms with Crippen LogP contribution < -0.4 is 0 Å². The summed E-state index contributed by atoms with van der Waals surface area (Å²) < 4.78 is 24.3. The van der Waals surface area contributed by atoms with Gasteiger partial charge in [-0.15, -0.1) is 0 Å². The van der Waals surface area contributed by atoms with Crippen LogP contribution in [0.3, 0.4) is 0 Å². The minimum absolute atomic E-state index is 0.165. The van der Waals surface area contributed by atoms with Gasteiger partial charge in [0.25, 0.3) is 0 Å². The second-order valence-corrected chi connectivity index (χ2v) is 20.5. The number of hydrogen-bond donors (Lipinski definition) is 9. The lowest BCUT2D eigenvalue weighted by Crippen LogP contribution is -2.70. The molecule has 0 aromatic rings. The van der Waals surface area contributed by atoms with Gasteiger partial charge in [0, 0.05) is 5.41 Å². The minimum Gasteiger partial charge on any atom is -0.394 e. The summed E-state index contributed by atoms with van der Waals surface area (Å²) in [5, 5.41) is 98.0. The van der Waals surface area contributed by atoms with Crippen molar-refractivity contribution in [2.45, 2.75) is 180 Å². The third-order valence-electron chi connectivity index (χ3n) is 17.6. The Bertz CT molecular complexity index is 1440. The van der Waals surface area contributed by atoms with Gasteiger partial charge in [0.15, 0.2) is 12.6 Å². The van der Waals surface area contributed by atoms with E-state index in [0.717, 1.165) is 25.7 Å². The van der Waals surface area contributed by atoms with Crippen LogP contribution in [-0.4, -0.2) is 139 Å². The maximum absolute atomic E-state index is 12.5. The van der Waals surface area contributed by atoms with E-state index in [2.05, 4.69) is 61.5 Å². The third-order valence-corrected chi connectivity index (χ3v) is 17.6. The van der Waals surface area contributed by atoms with Gasteiger partial charge in [0.2, 0.25) is 0 Å². The van der Waals surface area contributed by atoms with E-state index in [1.54, 1.807) is 0 Å². The molecule has 2 heterocycles. The molecule has 5 aliphatic carbocycles. The monoisotopic (exact) mass is 782 g/mol. The lowest BCUT2D eigenvalue weighted by Gasteiger charge is -2.73. The average molecular weight is 783 g/mol. The highest BCUT2D eigenvalue weighted by molar-refractivity contribution is 5.35. The predicted molar refractivity (Wildman–Crippen MR) is 199 cm³/mol. The molecule has 0 amide bonds. The predicted octanol–water partition coefficient (Wildman–Crippen LogP) is 1.61. The Morgan fingerprint density at radius 3 is 1.95 bits per heavy atom. The van der Waals surface area contributed by atoms with Crippen molar-refractivity contribution in [3.63, 3.8) is 0 Å². The summed E-state index contributed by atoms with van der Waals surface area (Å²) in [5.74, 6) is 1.32. The Morgan fingerprint density at radius 1 is 0.709 bits per heavy atom. The summed E-state index contributed by atoms with van der Waals surface area (Å²) in [6, 6.07) is 0. The van der Waals surface area contributed by atoms with E-state index < -0.39 is 98.4 Å². The van der Waals surface area contributed by atoms with Crippen molar-refractivity contribution >= 4 is 0 Å². The SMILES string of the molecule is C[C@H]1[C@H](C)CC[C@@]2(C)[C@@H]1C1=CC[C@@H]3[C@@]4(C)CC[C@H](O[C@@H]5O[C@H](CO)[C@@H](O)[C@H](O)[C@H]5O[C@@H]5O[C@H](CO)[C@H](O)[C@H](O)[C@H]5O)C(C)(C)[C@@H]4[C@H](O)C[C@@]3(C)[C@]1(C)C[C@@H]2O. The van der Waals surface area contributed by atoms with Crippen LogP contribution in [0.1, 0.15) is 100 Å². The molecule has 4 saturated carbocycles. The first-order valence-corrected chi connectivity index (χ1v) is 20.9. The van der Waals surface area contributed by atoms with Crippen molar-refractivity contribution in [1.29, 1.82) is 0 Å². The topological polar surface area (TPSA) is 219 Å². The number of allylic oxidation sites excluding steroid dienone is 2. The highest BCUT2D eigenvalue weighted by Gasteiger charge is 2.71. The Balaban J connectivity index is 1.17. The fourth-order valence-electron chi connectivity index (χ4n) is 14.1. The maximum atomic E-state index is 12.5. The molecule has 7 rings (SSSR count). The summed E-state index contributed by atoms with van der Waals surface area (Å²) in [6.45, 7) is 16.9. The van der Waals surface area contributed by atoms with Crippen LogP contribution in [0.5, 0.6) is 0 Å². The number of hydrogen-bond acceptors (Lipinski definition) is 13. The standard InChI is InChI=1S/C42H70O13/c1-19-11-13-40(6)26(46)16-41(7)21(28(40)20(19)2)9-10-25-39(5)14-12-27(38(3,4)35(39)22(45)15-42(25,41)8)54-37-34(32(50)30(48)24(18-44)53-37)55-36-33(51)31(49)29(47)23(17-43)52-36/h9,19-20,22-37,43-51H,10-18H2,1-8H3/t19-,20+,22-,23-,24-,25-,26+,27+,28+,29+,30-,31+,32+,33-,34-,35+,36+,37+,39-,40-,41-,42-/m1/s1. The molecule has 13 heteroatoms. The average Bonchev–Trinajstić information content (AvgIpc) is 3.11. The van der Waals surface area contributed by atoms with Gasteiger partial charge >= 0.3 is 0 Å². The van der Waals surface area contributed by atoms with E-state index in [1.807, 2.05) is 0 Å². The fourth-order valence-corrected chi connectivity index (χ4v) is 14.1. The molecule has 0 aromatic carbocycles. The molecule has 0 radical (unpaired) electrons. The van der Waals surface area contributed by atoms with Gasteiger partial charge in [-0.2, -0.15) is 0 Å². The van der Waals surface area contributed by atoms with Crippen LogP contribution in [0.4, 0.5) is 0 Å². The zero-order valence-electron chi connectivity index (χ0n) is 34.0. The van der Waals surface area contributed by atoms with Crippen LogP contribution in [0.15, 0.2) is 11.6 Å². The molecule has 0 spiro atoms. The first-order chi connectivity index (χ1) is 25.6. The van der Waals surface area contributed by atoms with Crippen molar-refractivity contribution in [3.05, 3.63) is 11.6 Å². The van der Waals surface area contributed by atoms with Gasteiger partial charge in [0.05, 0.1) is 31.5 Å². The lowest BCUT2D eigenvalue weighted by molar-refractivity contribution is -0.379. The maximum Gasteiger partial charge on any atom is 0.187 e. The zero-order chi connectivity index (χ0) is 40.4. The Kier molecular flexibility index (Phi) is 11.1. The third kappa shape index (κ3) is 6.11. The van der Waals surface area contributed by atoms with E-state index >= 15 is 0 Å². The van der Waals surface area contributed by atoms with E-state index in [-0.39, 0.29) is 39.4 Å². The van der Waals surface area contributed by atoms with Crippen molar-refractivity contribution in [1.82, 2.24) is 0 Å².